The lowest BCUT2D eigenvalue weighted by molar-refractivity contribution is -0.135. The Bertz CT molecular complexity index is 312. The van der Waals surface area contributed by atoms with Crippen LogP contribution in [-0.2, 0) is 14.3 Å². The van der Waals surface area contributed by atoms with Crippen molar-refractivity contribution in [1.82, 2.24) is 10.6 Å². The van der Waals surface area contributed by atoms with Gasteiger partial charge < -0.3 is 15.4 Å². The third kappa shape index (κ3) is 3.22. The van der Waals surface area contributed by atoms with Gasteiger partial charge in [-0.3, -0.25) is 9.59 Å². The predicted octanol–water partition coefficient (Wildman–Crippen LogP) is 0.588. The minimum Gasteiger partial charge on any atom is -0.381 e. The Balaban J connectivity index is 1.88. The molecule has 2 heterocycles. The number of nitrogens with one attached hydrogen (secondary N) is 2. The van der Waals surface area contributed by atoms with Crippen LogP contribution in [0, 0.1) is 5.41 Å². The Morgan fingerprint density at radius 1 is 1.44 bits per heavy atom. The lowest BCUT2D eigenvalue weighted by Gasteiger charge is -2.33. The molecule has 5 heteroatoms. The van der Waals surface area contributed by atoms with Gasteiger partial charge in [0, 0.05) is 32.2 Å². The highest BCUT2D eigenvalue weighted by Gasteiger charge is 2.37. The van der Waals surface area contributed by atoms with Crippen LogP contribution in [0.4, 0.5) is 0 Å². The van der Waals surface area contributed by atoms with Crippen molar-refractivity contribution in [2.24, 2.45) is 5.41 Å². The van der Waals surface area contributed by atoms with Crippen molar-refractivity contribution < 1.29 is 14.3 Å². The van der Waals surface area contributed by atoms with E-state index in [-0.39, 0.29) is 17.9 Å². The summed E-state index contributed by atoms with van der Waals surface area (Å²) >= 11 is 0. The van der Waals surface area contributed by atoms with Crippen LogP contribution in [0.1, 0.15) is 39.0 Å². The SMILES string of the molecule is C[C@]1(C(=O)N[C@@H]2CCCOCC2)CCC(=O)NC1. The molecule has 102 valence electrons. The lowest BCUT2D eigenvalue weighted by atomic mass is 9.81. The van der Waals surface area contributed by atoms with Gasteiger partial charge in [-0.15, -0.1) is 0 Å². The molecule has 2 rings (SSSR count). The highest BCUT2D eigenvalue weighted by Crippen LogP contribution is 2.26. The zero-order chi connectivity index (χ0) is 13.0. The maximum atomic E-state index is 12.3. The Morgan fingerprint density at radius 2 is 2.28 bits per heavy atom. The van der Waals surface area contributed by atoms with E-state index in [9.17, 15) is 9.59 Å². The molecule has 2 amide bonds. The summed E-state index contributed by atoms with van der Waals surface area (Å²) in [6.45, 7) is 3.88. The van der Waals surface area contributed by atoms with Crippen LogP contribution in [0.2, 0.25) is 0 Å². The van der Waals surface area contributed by atoms with E-state index in [1.165, 1.54) is 0 Å². The first-order valence-electron chi connectivity index (χ1n) is 6.75. The molecule has 0 aromatic heterocycles. The van der Waals surface area contributed by atoms with E-state index >= 15 is 0 Å². The molecule has 2 aliphatic rings. The maximum Gasteiger partial charge on any atom is 0.227 e. The first-order chi connectivity index (χ1) is 8.60. The molecule has 2 aliphatic heterocycles. The summed E-state index contributed by atoms with van der Waals surface area (Å²) in [5, 5.41) is 5.89. The average Bonchev–Trinajstić information content (AvgIpc) is 2.62. The molecule has 2 fully saturated rings. The second-order valence-corrected chi connectivity index (χ2v) is 5.55. The van der Waals surface area contributed by atoms with Crippen molar-refractivity contribution in [2.45, 2.75) is 45.1 Å². The summed E-state index contributed by atoms with van der Waals surface area (Å²) in [5.74, 6) is 0.109. The number of carbonyl (C=O) groups is 2. The summed E-state index contributed by atoms with van der Waals surface area (Å²) in [6.07, 6.45) is 3.94. The number of hydrogen-bond acceptors (Lipinski definition) is 3. The highest BCUT2D eigenvalue weighted by molar-refractivity contribution is 5.86. The van der Waals surface area contributed by atoms with Gasteiger partial charge in [0.1, 0.15) is 0 Å². The van der Waals surface area contributed by atoms with Crippen LogP contribution in [0.5, 0.6) is 0 Å². The highest BCUT2D eigenvalue weighted by atomic mass is 16.5. The van der Waals surface area contributed by atoms with Crippen LogP contribution in [0.15, 0.2) is 0 Å². The molecule has 0 unspecified atom stereocenters. The van der Waals surface area contributed by atoms with Gasteiger partial charge in [0.25, 0.3) is 0 Å². The third-order valence-electron chi connectivity index (χ3n) is 3.91. The lowest BCUT2D eigenvalue weighted by Crippen LogP contribution is -2.52. The molecule has 0 aromatic rings. The molecule has 0 saturated carbocycles. The van der Waals surface area contributed by atoms with Crippen molar-refractivity contribution in [3.8, 4) is 0 Å². The van der Waals surface area contributed by atoms with Crippen molar-refractivity contribution >= 4 is 11.8 Å². The fourth-order valence-electron chi connectivity index (χ4n) is 2.46. The molecule has 0 spiro atoms. The second-order valence-electron chi connectivity index (χ2n) is 5.55. The quantitative estimate of drug-likeness (QED) is 0.758. The molecular formula is C13H22N2O3. The average molecular weight is 254 g/mol. The first-order valence-corrected chi connectivity index (χ1v) is 6.75. The van der Waals surface area contributed by atoms with E-state index in [1.807, 2.05) is 6.92 Å². The van der Waals surface area contributed by atoms with Gasteiger partial charge in [0.15, 0.2) is 0 Å². The largest absolute Gasteiger partial charge is 0.381 e. The van der Waals surface area contributed by atoms with Crippen molar-refractivity contribution in [3.63, 3.8) is 0 Å². The Hall–Kier alpha value is -1.10. The fraction of sp³-hybridized carbons (Fsp3) is 0.846. The number of ether oxygens (including phenoxy) is 1. The maximum absolute atomic E-state index is 12.3. The first kappa shape index (κ1) is 13.3. The Labute approximate surface area is 108 Å². The number of carbonyl (C=O) groups excluding carboxylic acids is 2. The molecule has 0 radical (unpaired) electrons. The van der Waals surface area contributed by atoms with Gasteiger partial charge in [0.2, 0.25) is 11.8 Å². The topological polar surface area (TPSA) is 67.4 Å². The molecule has 2 saturated heterocycles. The summed E-state index contributed by atoms with van der Waals surface area (Å²) in [7, 11) is 0. The molecule has 0 aliphatic carbocycles. The van der Waals surface area contributed by atoms with Gasteiger partial charge in [-0.2, -0.15) is 0 Å². The van der Waals surface area contributed by atoms with Gasteiger partial charge >= 0.3 is 0 Å². The van der Waals surface area contributed by atoms with Gasteiger partial charge in [-0.25, -0.2) is 0 Å². The molecule has 0 bridgehead atoms. The van der Waals surface area contributed by atoms with E-state index in [2.05, 4.69) is 10.6 Å². The standard InChI is InChI=1S/C13H22N2O3/c1-13(6-4-11(16)14-9-13)12(17)15-10-3-2-7-18-8-5-10/h10H,2-9H2,1H3,(H,14,16)(H,15,17)/t10-,13+/m1/s1. The second kappa shape index (κ2) is 5.69. The molecular weight excluding hydrogens is 232 g/mol. The number of piperidine rings is 1. The van der Waals surface area contributed by atoms with Crippen LogP contribution in [0.25, 0.3) is 0 Å². The van der Waals surface area contributed by atoms with Gasteiger partial charge in [-0.05, 0) is 32.6 Å². The minimum atomic E-state index is -0.457. The fourth-order valence-corrected chi connectivity index (χ4v) is 2.46. The van der Waals surface area contributed by atoms with Crippen LogP contribution in [0.3, 0.4) is 0 Å². The molecule has 0 aromatic carbocycles. The molecule has 2 atom stereocenters. The summed E-state index contributed by atoms with van der Waals surface area (Å²) in [6, 6.07) is 0.217. The number of rotatable bonds is 2. The molecule has 2 N–H and O–H groups in total. The minimum absolute atomic E-state index is 0.0446. The van der Waals surface area contributed by atoms with E-state index < -0.39 is 5.41 Å². The van der Waals surface area contributed by atoms with E-state index in [0.29, 0.717) is 19.4 Å². The zero-order valence-electron chi connectivity index (χ0n) is 11.0. The third-order valence-corrected chi connectivity index (χ3v) is 3.91. The summed E-state index contributed by atoms with van der Waals surface area (Å²) in [4.78, 5) is 23.5. The van der Waals surface area contributed by atoms with Gasteiger partial charge in [-0.1, -0.05) is 0 Å². The van der Waals surface area contributed by atoms with E-state index in [4.69, 9.17) is 4.74 Å². The monoisotopic (exact) mass is 254 g/mol. The zero-order valence-corrected chi connectivity index (χ0v) is 11.0. The predicted molar refractivity (Wildman–Crippen MR) is 67.0 cm³/mol. The summed E-state index contributed by atoms with van der Waals surface area (Å²) < 4.78 is 5.38. The Kier molecular flexibility index (Phi) is 4.22. The van der Waals surface area contributed by atoms with Crippen LogP contribution in [-0.4, -0.2) is 37.6 Å². The van der Waals surface area contributed by atoms with Crippen molar-refractivity contribution in [3.05, 3.63) is 0 Å². The van der Waals surface area contributed by atoms with Crippen molar-refractivity contribution in [2.75, 3.05) is 19.8 Å². The summed E-state index contributed by atoms with van der Waals surface area (Å²) in [5.41, 5.74) is -0.457. The van der Waals surface area contributed by atoms with Crippen LogP contribution < -0.4 is 10.6 Å². The Morgan fingerprint density at radius 3 is 3.00 bits per heavy atom. The number of amides is 2. The van der Waals surface area contributed by atoms with Crippen LogP contribution >= 0.6 is 0 Å². The van der Waals surface area contributed by atoms with Crippen molar-refractivity contribution in [1.29, 1.82) is 0 Å². The normalized spacial score (nSPS) is 33.4. The number of hydrogen-bond donors (Lipinski definition) is 2. The molecule has 18 heavy (non-hydrogen) atoms. The molecule has 5 nitrogen and oxygen atoms in total. The smallest absolute Gasteiger partial charge is 0.227 e. The van der Waals surface area contributed by atoms with Gasteiger partial charge in [0.05, 0.1) is 5.41 Å². The van der Waals surface area contributed by atoms with E-state index in [0.717, 1.165) is 32.5 Å². The van der Waals surface area contributed by atoms with E-state index in [1.54, 1.807) is 0 Å².